The molecule has 1 aliphatic heterocycles. The van der Waals surface area contributed by atoms with Gasteiger partial charge in [-0.25, -0.2) is 9.37 Å². The number of rotatable bonds is 2. The average Bonchev–Trinajstić information content (AvgIpc) is 2.23. The zero-order valence-corrected chi connectivity index (χ0v) is 7.87. The Bertz CT molecular complexity index is 283. The molecule has 14 heavy (non-hydrogen) atoms. The van der Waals surface area contributed by atoms with Crippen LogP contribution in [0.2, 0.25) is 0 Å². The Hall–Kier alpha value is -1.16. The highest BCUT2D eigenvalue weighted by molar-refractivity contribution is 5.11. The molecule has 4 heteroatoms. The third-order valence-corrected chi connectivity index (χ3v) is 2.24. The van der Waals surface area contributed by atoms with Crippen LogP contribution in [0.3, 0.4) is 0 Å². The topological polar surface area (TPSA) is 34.1 Å². The fourth-order valence-electron chi connectivity index (χ4n) is 1.52. The van der Waals surface area contributed by atoms with Crippen molar-refractivity contribution in [1.29, 1.82) is 0 Å². The normalized spacial score (nSPS) is 21.9. The molecule has 2 heterocycles. The van der Waals surface area contributed by atoms with Crippen LogP contribution in [-0.2, 0) is 0 Å². The van der Waals surface area contributed by atoms with Gasteiger partial charge < -0.3 is 10.1 Å². The first-order valence-corrected chi connectivity index (χ1v) is 4.83. The van der Waals surface area contributed by atoms with E-state index in [-0.39, 0.29) is 11.9 Å². The van der Waals surface area contributed by atoms with Crippen LogP contribution in [0.1, 0.15) is 12.8 Å². The summed E-state index contributed by atoms with van der Waals surface area (Å²) in [6, 6.07) is 2.92. The van der Waals surface area contributed by atoms with Crippen molar-refractivity contribution in [2.24, 2.45) is 0 Å². The molecule has 1 fully saturated rings. The van der Waals surface area contributed by atoms with Gasteiger partial charge in [-0.2, -0.15) is 0 Å². The number of nitrogens with zero attached hydrogens (tertiary/aromatic N) is 1. The van der Waals surface area contributed by atoms with Crippen LogP contribution in [0.25, 0.3) is 0 Å². The number of aromatic nitrogens is 1. The monoisotopic (exact) mass is 196 g/mol. The number of ether oxygens (including phenoxy) is 1. The summed E-state index contributed by atoms with van der Waals surface area (Å²) in [5.74, 6) is 0.166. The molecule has 0 radical (unpaired) electrons. The number of piperidine rings is 1. The summed E-state index contributed by atoms with van der Waals surface area (Å²) in [5.41, 5.74) is 0. The average molecular weight is 196 g/mol. The molecule has 1 atom stereocenters. The standard InChI is InChI=1S/C10H13FN2O/c11-8-3-4-10(13-6-8)14-9-2-1-5-12-7-9/h3-4,6,9,12H,1-2,5,7H2. The minimum atomic E-state index is -0.334. The Morgan fingerprint density at radius 2 is 2.43 bits per heavy atom. The summed E-state index contributed by atoms with van der Waals surface area (Å²) in [6.07, 6.45) is 3.49. The number of nitrogens with one attached hydrogen (secondary N) is 1. The van der Waals surface area contributed by atoms with Crippen molar-refractivity contribution in [3.63, 3.8) is 0 Å². The maximum Gasteiger partial charge on any atom is 0.213 e. The van der Waals surface area contributed by atoms with Crippen molar-refractivity contribution in [2.75, 3.05) is 13.1 Å². The first-order valence-electron chi connectivity index (χ1n) is 4.83. The van der Waals surface area contributed by atoms with Crippen LogP contribution in [0, 0.1) is 5.82 Å². The third-order valence-electron chi connectivity index (χ3n) is 2.24. The molecule has 0 spiro atoms. The van der Waals surface area contributed by atoms with E-state index in [1.54, 1.807) is 6.07 Å². The molecule has 1 N–H and O–H groups in total. The largest absolute Gasteiger partial charge is 0.473 e. The van der Waals surface area contributed by atoms with Crippen molar-refractivity contribution < 1.29 is 9.13 Å². The molecular weight excluding hydrogens is 183 g/mol. The quantitative estimate of drug-likeness (QED) is 0.775. The highest BCUT2D eigenvalue weighted by atomic mass is 19.1. The van der Waals surface area contributed by atoms with Gasteiger partial charge in [0.15, 0.2) is 0 Å². The Balaban J connectivity index is 1.92. The predicted molar refractivity (Wildman–Crippen MR) is 50.7 cm³/mol. The fourth-order valence-corrected chi connectivity index (χ4v) is 1.52. The van der Waals surface area contributed by atoms with Crippen molar-refractivity contribution in [1.82, 2.24) is 10.3 Å². The second-order valence-electron chi connectivity index (χ2n) is 3.40. The summed E-state index contributed by atoms with van der Waals surface area (Å²) >= 11 is 0. The van der Waals surface area contributed by atoms with E-state index in [2.05, 4.69) is 10.3 Å². The van der Waals surface area contributed by atoms with Crippen LogP contribution in [0.4, 0.5) is 4.39 Å². The summed E-state index contributed by atoms with van der Waals surface area (Å²) in [6.45, 7) is 1.90. The molecular formula is C10H13FN2O. The Morgan fingerprint density at radius 1 is 1.50 bits per heavy atom. The highest BCUT2D eigenvalue weighted by Crippen LogP contribution is 2.12. The SMILES string of the molecule is Fc1ccc(OC2CCCNC2)nc1. The van der Waals surface area contributed by atoms with Crippen LogP contribution in [0.5, 0.6) is 5.88 Å². The van der Waals surface area contributed by atoms with Gasteiger partial charge in [-0.3, -0.25) is 0 Å². The Morgan fingerprint density at radius 3 is 3.07 bits per heavy atom. The van der Waals surface area contributed by atoms with Crippen molar-refractivity contribution >= 4 is 0 Å². The van der Waals surface area contributed by atoms with Crippen LogP contribution in [-0.4, -0.2) is 24.2 Å². The zero-order chi connectivity index (χ0) is 9.80. The van der Waals surface area contributed by atoms with E-state index in [4.69, 9.17) is 4.74 Å². The summed E-state index contributed by atoms with van der Waals surface area (Å²) in [4.78, 5) is 3.85. The van der Waals surface area contributed by atoms with Gasteiger partial charge in [0.25, 0.3) is 0 Å². The van der Waals surface area contributed by atoms with E-state index in [1.165, 1.54) is 12.3 Å². The minimum Gasteiger partial charge on any atom is -0.473 e. The van der Waals surface area contributed by atoms with Gasteiger partial charge >= 0.3 is 0 Å². The van der Waals surface area contributed by atoms with E-state index in [0.29, 0.717) is 5.88 Å². The van der Waals surface area contributed by atoms with Crippen molar-refractivity contribution in [3.05, 3.63) is 24.1 Å². The molecule has 2 rings (SSSR count). The fraction of sp³-hybridized carbons (Fsp3) is 0.500. The summed E-state index contributed by atoms with van der Waals surface area (Å²) < 4.78 is 18.1. The highest BCUT2D eigenvalue weighted by Gasteiger charge is 2.14. The van der Waals surface area contributed by atoms with Gasteiger partial charge in [0.2, 0.25) is 5.88 Å². The lowest BCUT2D eigenvalue weighted by Gasteiger charge is -2.23. The molecule has 76 valence electrons. The van der Waals surface area contributed by atoms with E-state index in [1.807, 2.05) is 0 Å². The molecule has 0 aliphatic carbocycles. The third kappa shape index (κ3) is 2.42. The maximum atomic E-state index is 12.5. The Kier molecular flexibility index (Phi) is 2.93. The number of hydrogen-bond donors (Lipinski definition) is 1. The second-order valence-corrected chi connectivity index (χ2v) is 3.40. The number of pyridine rings is 1. The van der Waals surface area contributed by atoms with Crippen molar-refractivity contribution in [2.45, 2.75) is 18.9 Å². The zero-order valence-electron chi connectivity index (χ0n) is 7.87. The van der Waals surface area contributed by atoms with Crippen LogP contribution in [0.15, 0.2) is 18.3 Å². The second kappa shape index (κ2) is 4.37. The van der Waals surface area contributed by atoms with Crippen molar-refractivity contribution in [3.8, 4) is 5.88 Å². The Labute approximate surface area is 82.3 Å². The molecule has 0 bridgehead atoms. The molecule has 1 saturated heterocycles. The number of hydrogen-bond acceptors (Lipinski definition) is 3. The van der Waals surface area contributed by atoms with E-state index in [9.17, 15) is 4.39 Å². The molecule has 0 saturated carbocycles. The molecule has 0 amide bonds. The molecule has 1 aromatic heterocycles. The first-order chi connectivity index (χ1) is 6.84. The first kappa shape index (κ1) is 9.40. The predicted octanol–water partition coefficient (Wildman–Crippen LogP) is 1.35. The van der Waals surface area contributed by atoms with Gasteiger partial charge in [0.05, 0.1) is 6.20 Å². The van der Waals surface area contributed by atoms with Gasteiger partial charge in [-0.1, -0.05) is 0 Å². The van der Waals surface area contributed by atoms with Gasteiger partial charge in [-0.05, 0) is 25.5 Å². The summed E-state index contributed by atoms with van der Waals surface area (Å²) in [5, 5.41) is 3.24. The summed E-state index contributed by atoms with van der Waals surface area (Å²) in [7, 11) is 0. The molecule has 1 aromatic rings. The van der Waals surface area contributed by atoms with Crippen LogP contribution < -0.4 is 10.1 Å². The van der Waals surface area contributed by atoms with E-state index >= 15 is 0 Å². The lowest BCUT2D eigenvalue weighted by Crippen LogP contribution is -2.37. The molecule has 0 aromatic carbocycles. The molecule has 1 unspecified atom stereocenters. The molecule has 1 aliphatic rings. The van der Waals surface area contributed by atoms with Gasteiger partial charge in [0.1, 0.15) is 11.9 Å². The van der Waals surface area contributed by atoms with Gasteiger partial charge in [-0.15, -0.1) is 0 Å². The smallest absolute Gasteiger partial charge is 0.213 e. The molecule has 3 nitrogen and oxygen atoms in total. The van der Waals surface area contributed by atoms with E-state index < -0.39 is 0 Å². The lowest BCUT2D eigenvalue weighted by atomic mass is 10.1. The maximum absolute atomic E-state index is 12.5. The number of halogens is 1. The minimum absolute atomic E-state index is 0.168. The van der Waals surface area contributed by atoms with E-state index in [0.717, 1.165) is 25.9 Å². The lowest BCUT2D eigenvalue weighted by molar-refractivity contribution is 0.160. The van der Waals surface area contributed by atoms with Gasteiger partial charge in [0, 0.05) is 12.6 Å². The van der Waals surface area contributed by atoms with Crippen LogP contribution >= 0.6 is 0 Å².